The smallest absolute Gasteiger partial charge is 0.251 e. The average molecular weight is 441 g/mol. The zero-order valence-corrected chi connectivity index (χ0v) is 17.2. The Labute approximate surface area is 167 Å². The van der Waals surface area contributed by atoms with Gasteiger partial charge in [0.05, 0.1) is 6.54 Å². The molecule has 1 atom stereocenters. The first-order chi connectivity index (χ1) is 13.1. The molecule has 0 aromatic heterocycles. The molecule has 6 nitrogen and oxygen atoms in total. The maximum Gasteiger partial charge on any atom is 0.251 e. The first kappa shape index (κ1) is 20.1. The molecule has 2 heterocycles. The van der Waals surface area contributed by atoms with E-state index < -0.39 is 0 Å². The maximum absolute atomic E-state index is 14.0. The van der Waals surface area contributed by atoms with Crippen LogP contribution in [0, 0.1) is 5.82 Å². The van der Waals surface area contributed by atoms with Crippen LogP contribution in [0.1, 0.15) is 25.3 Å². The number of amides is 1. The molecule has 3 rings (SSSR count). The Bertz CT molecular complexity index is 686. The number of benzene rings is 1. The lowest BCUT2D eigenvalue weighted by molar-refractivity contribution is -0.142. The van der Waals surface area contributed by atoms with Crippen LogP contribution in [0.4, 0.5) is 4.39 Å². The molecule has 0 bridgehead atoms. The molecule has 1 aromatic rings. The second kappa shape index (κ2) is 9.50. The van der Waals surface area contributed by atoms with Gasteiger partial charge in [-0.15, -0.1) is 0 Å². The molecule has 0 spiro atoms. The van der Waals surface area contributed by atoms with E-state index in [1.807, 2.05) is 11.8 Å². The van der Waals surface area contributed by atoms with Crippen molar-refractivity contribution in [1.29, 1.82) is 0 Å². The highest BCUT2D eigenvalue weighted by Gasteiger charge is 2.30. The van der Waals surface area contributed by atoms with Crippen molar-refractivity contribution in [2.45, 2.75) is 32.4 Å². The van der Waals surface area contributed by atoms with Gasteiger partial charge in [-0.2, -0.15) is 0 Å². The van der Waals surface area contributed by atoms with E-state index in [1.54, 1.807) is 12.1 Å². The molecule has 2 aliphatic rings. The highest BCUT2D eigenvalue weighted by atomic mass is 79.9. The third-order valence-electron chi connectivity index (χ3n) is 4.84. The summed E-state index contributed by atoms with van der Waals surface area (Å²) in [7, 11) is 0. The molecule has 1 aromatic carbocycles. The molecule has 1 unspecified atom stereocenters. The number of halogens is 2. The summed E-state index contributed by atoms with van der Waals surface area (Å²) < 4.78 is 20.3. The summed E-state index contributed by atoms with van der Waals surface area (Å²) >= 11 is 3.37. The lowest BCUT2D eigenvalue weighted by atomic mass is 10.2. The Kier molecular flexibility index (Phi) is 7.07. The topological polar surface area (TPSA) is 57.2 Å². The van der Waals surface area contributed by atoms with Gasteiger partial charge in [0.1, 0.15) is 11.9 Å². The molecule has 0 aliphatic carbocycles. The Hall–Kier alpha value is -1.67. The van der Waals surface area contributed by atoms with Gasteiger partial charge in [-0.25, -0.2) is 9.38 Å². The van der Waals surface area contributed by atoms with Crippen LogP contribution in [0.15, 0.2) is 27.7 Å². The predicted molar refractivity (Wildman–Crippen MR) is 106 cm³/mol. The van der Waals surface area contributed by atoms with Gasteiger partial charge in [0.2, 0.25) is 0 Å². The van der Waals surface area contributed by atoms with E-state index in [0.29, 0.717) is 38.3 Å². The quantitative estimate of drug-likeness (QED) is 0.576. The summed E-state index contributed by atoms with van der Waals surface area (Å²) in [5.41, 5.74) is 0.548. The standard InChI is InChI=1S/C19H26BrFN4O2/c1-2-22-19(23-13-14-12-15(20)5-6-16(14)21)25-9-7-24(8-10-25)18(26)17-4-3-11-27-17/h5-6,12,17H,2-4,7-11,13H2,1H3,(H,22,23). The van der Waals surface area contributed by atoms with Crippen molar-refractivity contribution in [2.24, 2.45) is 4.99 Å². The van der Waals surface area contributed by atoms with E-state index in [2.05, 4.69) is 31.1 Å². The van der Waals surface area contributed by atoms with E-state index in [4.69, 9.17) is 4.74 Å². The van der Waals surface area contributed by atoms with Gasteiger partial charge in [-0.05, 0) is 38.0 Å². The summed E-state index contributed by atoms with van der Waals surface area (Å²) in [5, 5.41) is 3.27. The van der Waals surface area contributed by atoms with Gasteiger partial charge in [0.15, 0.2) is 5.96 Å². The number of guanidine groups is 1. The van der Waals surface area contributed by atoms with Gasteiger partial charge in [-0.1, -0.05) is 15.9 Å². The van der Waals surface area contributed by atoms with Crippen molar-refractivity contribution >= 4 is 27.8 Å². The van der Waals surface area contributed by atoms with Crippen molar-refractivity contribution in [2.75, 3.05) is 39.3 Å². The summed E-state index contributed by atoms with van der Waals surface area (Å²) in [6.45, 7) is 6.38. The van der Waals surface area contributed by atoms with Crippen LogP contribution < -0.4 is 5.32 Å². The van der Waals surface area contributed by atoms with E-state index >= 15 is 0 Å². The zero-order chi connectivity index (χ0) is 19.2. The first-order valence-corrected chi connectivity index (χ1v) is 10.3. The van der Waals surface area contributed by atoms with Gasteiger partial charge in [0, 0.05) is 49.4 Å². The molecule has 27 heavy (non-hydrogen) atoms. The maximum atomic E-state index is 14.0. The molecule has 2 aliphatic heterocycles. The molecule has 148 valence electrons. The number of rotatable bonds is 4. The van der Waals surface area contributed by atoms with Gasteiger partial charge >= 0.3 is 0 Å². The number of hydrogen-bond donors (Lipinski definition) is 1. The highest BCUT2D eigenvalue weighted by molar-refractivity contribution is 9.10. The summed E-state index contributed by atoms with van der Waals surface area (Å²) in [4.78, 5) is 21.1. The summed E-state index contributed by atoms with van der Waals surface area (Å²) in [5.74, 6) is 0.594. The van der Waals surface area contributed by atoms with Crippen molar-refractivity contribution in [3.8, 4) is 0 Å². The number of ether oxygens (including phenoxy) is 1. The summed E-state index contributed by atoms with van der Waals surface area (Å²) in [6, 6.07) is 4.87. The second-order valence-electron chi connectivity index (χ2n) is 6.72. The molecule has 1 amide bonds. The Morgan fingerprint density at radius 1 is 1.33 bits per heavy atom. The van der Waals surface area contributed by atoms with Crippen LogP contribution in [0.5, 0.6) is 0 Å². The lowest BCUT2D eigenvalue weighted by Gasteiger charge is -2.37. The highest BCUT2D eigenvalue weighted by Crippen LogP contribution is 2.18. The normalized spacial score (nSPS) is 20.9. The number of hydrogen-bond acceptors (Lipinski definition) is 3. The van der Waals surface area contributed by atoms with Gasteiger partial charge < -0.3 is 19.9 Å². The third-order valence-corrected chi connectivity index (χ3v) is 5.33. The van der Waals surface area contributed by atoms with Crippen LogP contribution >= 0.6 is 15.9 Å². The molecule has 2 saturated heterocycles. The predicted octanol–water partition coefficient (Wildman–Crippen LogP) is 2.38. The number of nitrogens with zero attached hydrogens (tertiary/aromatic N) is 3. The Morgan fingerprint density at radius 2 is 2.07 bits per heavy atom. The van der Waals surface area contributed by atoms with Crippen molar-refractivity contribution in [3.05, 3.63) is 34.1 Å². The monoisotopic (exact) mass is 440 g/mol. The lowest BCUT2D eigenvalue weighted by Crippen LogP contribution is -2.55. The van der Waals surface area contributed by atoms with Crippen LogP contribution in [-0.2, 0) is 16.1 Å². The summed E-state index contributed by atoms with van der Waals surface area (Å²) in [6.07, 6.45) is 1.51. The molecule has 8 heteroatoms. The number of nitrogens with one attached hydrogen (secondary N) is 1. The minimum atomic E-state index is -0.266. The van der Waals surface area contributed by atoms with Crippen LogP contribution in [0.2, 0.25) is 0 Å². The number of carbonyl (C=O) groups is 1. The second-order valence-corrected chi connectivity index (χ2v) is 7.64. The minimum Gasteiger partial charge on any atom is -0.368 e. The van der Waals surface area contributed by atoms with Crippen molar-refractivity contribution < 1.29 is 13.9 Å². The van der Waals surface area contributed by atoms with Crippen LogP contribution in [0.25, 0.3) is 0 Å². The fourth-order valence-electron chi connectivity index (χ4n) is 3.37. The third kappa shape index (κ3) is 5.19. The first-order valence-electron chi connectivity index (χ1n) is 9.46. The molecular weight excluding hydrogens is 415 g/mol. The molecule has 2 fully saturated rings. The molecular formula is C19H26BrFN4O2. The molecule has 0 saturated carbocycles. The van der Waals surface area contributed by atoms with E-state index in [0.717, 1.165) is 29.8 Å². The molecule has 0 radical (unpaired) electrons. The van der Waals surface area contributed by atoms with Crippen LogP contribution in [0.3, 0.4) is 0 Å². The SMILES string of the molecule is CCNC(=NCc1cc(Br)ccc1F)N1CCN(C(=O)C2CCCO2)CC1. The molecule has 1 N–H and O–H groups in total. The minimum absolute atomic E-state index is 0.102. The van der Waals surface area contributed by atoms with Crippen molar-refractivity contribution in [1.82, 2.24) is 15.1 Å². The average Bonchev–Trinajstić information content (AvgIpc) is 3.22. The Balaban J connectivity index is 1.60. The zero-order valence-electron chi connectivity index (χ0n) is 15.6. The fourth-order valence-corrected chi connectivity index (χ4v) is 3.77. The number of piperazine rings is 1. The van der Waals surface area contributed by atoms with Crippen LogP contribution in [-0.4, -0.2) is 67.1 Å². The number of aliphatic imine (C=N–C) groups is 1. The van der Waals surface area contributed by atoms with E-state index in [1.165, 1.54) is 6.07 Å². The largest absolute Gasteiger partial charge is 0.368 e. The van der Waals surface area contributed by atoms with Crippen molar-refractivity contribution in [3.63, 3.8) is 0 Å². The Morgan fingerprint density at radius 3 is 2.74 bits per heavy atom. The number of carbonyl (C=O) groups excluding carboxylic acids is 1. The fraction of sp³-hybridized carbons (Fsp3) is 0.579. The van der Waals surface area contributed by atoms with E-state index in [-0.39, 0.29) is 24.4 Å². The van der Waals surface area contributed by atoms with Gasteiger partial charge in [0.25, 0.3) is 5.91 Å². The van der Waals surface area contributed by atoms with E-state index in [9.17, 15) is 9.18 Å². The van der Waals surface area contributed by atoms with Gasteiger partial charge in [-0.3, -0.25) is 4.79 Å².